The first-order valence-corrected chi connectivity index (χ1v) is 7.61. The van der Waals surface area contributed by atoms with Crippen LogP contribution < -0.4 is 5.32 Å². The number of rotatable bonds is 5. The SMILES string of the molecule is CC(C)c1ccc(CNc2cc(Br)cc(C(=O)O)c2)cc1. The predicted molar refractivity (Wildman–Crippen MR) is 89.0 cm³/mol. The maximum atomic E-state index is 11.0. The van der Waals surface area contributed by atoms with Gasteiger partial charge in [0.05, 0.1) is 5.56 Å². The Morgan fingerprint density at radius 2 is 1.86 bits per heavy atom. The fourth-order valence-electron chi connectivity index (χ4n) is 2.04. The van der Waals surface area contributed by atoms with Crippen molar-refractivity contribution in [3.8, 4) is 0 Å². The summed E-state index contributed by atoms with van der Waals surface area (Å²) in [5.74, 6) is -0.407. The molecule has 0 aliphatic carbocycles. The van der Waals surface area contributed by atoms with Gasteiger partial charge in [0.25, 0.3) is 0 Å². The summed E-state index contributed by atoms with van der Waals surface area (Å²) in [6.07, 6.45) is 0. The Hall–Kier alpha value is -1.81. The van der Waals surface area contributed by atoms with Gasteiger partial charge in [-0.2, -0.15) is 0 Å². The van der Waals surface area contributed by atoms with E-state index in [9.17, 15) is 4.79 Å². The molecule has 2 N–H and O–H groups in total. The molecule has 0 amide bonds. The number of hydrogen-bond donors (Lipinski definition) is 2. The zero-order valence-corrected chi connectivity index (χ0v) is 13.6. The topological polar surface area (TPSA) is 49.3 Å². The van der Waals surface area contributed by atoms with Crippen molar-refractivity contribution < 1.29 is 9.90 Å². The molecule has 2 aromatic rings. The molecule has 0 spiro atoms. The van der Waals surface area contributed by atoms with E-state index in [0.717, 1.165) is 15.7 Å². The second kappa shape index (κ2) is 6.76. The number of benzene rings is 2. The fraction of sp³-hybridized carbons (Fsp3) is 0.235. The molecule has 4 heteroatoms. The highest BCUT2D eigenvalue weighted by Gasteiger charge is 2.06. The fourth-order valence-corrected chi connectivity index (χ4v) is 2.53. The molecule has 21 heavy (non-hydrogen) atoms. The van der Waals surface area contributed by atoms with Gasteiger partial charge in [-0.3, -0.25) is 0 Å². The molecule has 2 rings (SSSR count). The lowest BCUT2D eigenvalue weighted by molar-refractivity contribution is 0.0697. The molecule has 0 radical (unpaired) electrons. The molecule has 0 aliphatic heterocycles. The average molecular weight is 348 g/mol. The van der Waals surface area contributed by atoms with E-state index >= 15 is 0 Å². The van der Waals surface area contributed by atoms with Crippen LogP contribution >= 0.6 is 15.9 Å². The quantitative estimate of drug-likeness (QED) is 0.809. The number of halogens is 1. The minimum atomic E-state index is -0.930. The van der Waals surface area contributed by atoms with E-state index in [2.05, 4.69) is 59.4 Å². The molecule has 0 heterocycles. The molecule has 0 bridgehead atoms. The van der Waals surface area contributed by atoms with Crippen LogP contribution in [0.1, 0.15) is 41.3 Å². The van der Waals surface area contributed by atoms with Gasteiger partial charge in [0.2, 0.25) is 0 Å². The Bertz CT molecular complexity index is 636. The van der Waals surface area contributed by atoms with E-state index in [4.69, 9.17) is 5.11 Å². The van der Waals surface area contributed by atoms with E-state index in [0.29, 0.717) is 12.5 Å². The van der Waals surface area contributed by atoms with Crippen molar-refractivity contribution in [3.05, 3.63) is 63.6 Å². The van der Waals surface area contributed by atoms with Crippen LogP contribution in [0.5, 0.6) is 0 Å². The Morgan fingerprint density at radius 1 is 1.19 bits per heavy atom. The van der Waals surface area contributed by atoms with Crippen LogP contribution in [0.25, 0.3) is 0 Å². The van der Waals surface area contributed by atoms with Crippen LogP contribution in [0, 0.1) is 0 Å². The van der Waals surface area contributed by atoms with E-state index in [1.165, 1.54) is 5.56 Å². The highest BCUT2D eigenvalue weighted by atomic mass is 79.9. The van der Waals surface area contributed by atoms with E-state index in [1.54, 1.807) is 12.1 Å². The van der Waals surface area contributed by atoms with Gasteiger partial charge in [-0.15, -0.1) is 0 Å². The normalized spacial score (nSPS) is 10.7. The van der Waals surface area contributed by atoms with E-state index < -0.39 is 5.97 Å². The number of carbonyl (C=O) groups is 1. The Morgan fingerprint density at radius 3 is 2.43 bits per heavy atom. The molecule has 0 fully saturated rings. The summed E-state index contributed by atoms with van der Waals surface area (Å²) in [6.45, 7) is 5.00. The third-order valence-corrected chi connectivity index (χ3v) is 3.75. The third-order valence-electron chi connectivity index (χ3n) is 3.29. The average Bonchev–Trinajstić information content (AvgIpc) is 2.45. The van der Waals surface area contributed by atoms with Crippen LogP contribution in [0.3, 0.4) is 0 Å². The zero-order chi connectivity index (χ0) is 15.4. The highest BCUT2D eigenvalue weighted by molar-refractivity contribution is 9.10. The Balaban J connectivity index is 2.07. The molecule has 0 unspecified atom stereocenters. The monoisotopic (exact) mass is 347 g/mol. The Kier molecular flexibility index (Phi) is 5.02. The number of aromatic carboxylic acids is 1. The van der Waals surface area contributed by atoms with Crippen molar-refractivity contribution in [2.24, 2.45) is 0 Å². The molecule has 0 aliphatic rings. The van der Waals surface area contributed by atoms with Crippen LogP contribution in [0.4, 0.5) is 5.69 Å². The highest BCUT2D eigenvalue weighted by Crippen LogP contribution is 2.21. The standard InChI is InChI=1S/C17H18BrNO2/c1-11(2)13-5-3-12(4-6-13)10-19-16-8-14(17(20)21)7-15(18)9-16/h3-9,11,19H,10H2,1-2H3,(H,20,21). The van der Waals surface area contributed by atoms with Gasteiger partial charge in [-0.1, -0.05) is 54.0 Å². The van der Waals surface area contributed by atoms with Crippen LogP contribution in [0.2, 0.25) is 0 Å². The minimum Gasteiger partial charge on any atom is -0.478 e. The molecular formula is C17H18BrNO2. The van der Waals surface area contributed by atoms with E-state index in [1.807, 2.05) is 6.07 Å². The summed E-state index contributed by atoms with van der Waals surface area (Å²) in [5.41, 5.74) is 3.53. The number of hydrogen-bond acceptors (Lipinski definition) is 2. The lowest BCUT2D eigenvalue weighted by Crippen LogP contribution is -2.02. The summed E-state index contributed by atoms with van der Waals surface area (Å²) >= 11 is 3.33. The van der Waals surface area contributed by atoms with Crippen LogP contribution in [0.15, 0.2) is 46.9 Å². The first-order chi connectivity index (χ1) is 9.95. The van der Waals surface area contributed by atoms with E-state index in [-0.39, 0.29) is 5.56 Å². The number of anilines is 1. The summed E-state index contributed by atoms with van der Waals surface area (Å²) < 4.78 is 0.750. The number of carboxylic acid groups (broad SMARTS) is 1. The van der Waals surface area contributed by atoms with Gasteiger partial charge in [-0.05, 0) is 35.2 Å². The first-order valence-electron chi connectivity index (χ1n) is 6.82. The van der Waals surface area contributed by atoms with Crippen molar-refractivity contribution >= 4 is 27.6 Å². The smallest absolute Gasteiger partial charge is 0.335 e. The molecule has 0 atom stereocenters. The summed E-state index contributed by atoms with van der Waals surface area (Å²) in [5, 5.41) is 12.3. The molecule has 110 valence electrons. The van der Waals surface area contributed by atoms with Crippen molar-refractivity contribution in [3.63, 3.8) is 0 Å². The van der Waals surface area contributed by atoms with Gasteiger partial charge in [0.15, 0.2) is 0 Å². The molecule has 0 saturated heterocycles. The molecule has 0 aromatic heterocycles. The van der Waals surface area contributed by atoms with Gasteiger partial charge in [-0.25, -0.2) is 4.79 Å². The van der Waals surface area contributed by atoms with Crippen molar-refractivity contribution in [1.82, 2.24) is 0 Å². The summed E-state index contributed by atoms with van der Waals surface area (Å²) in [7, 11) is 0. The molecule has 3 nitrogen and oxygen atoms in total. The largest absolute Gasteiger partial charge is 0.478 e. The van der Waals surface area contributed by atoms with Crippen molar-refractivity contribution in [1.29, 1.82) is 0 Å². The molecule has 2 aromatic carbocycles. The number of nitrogens with one attached hydrogen (secondary N) is 1. The van der Waals surface area contributed by atoms with Gasteiger partial charge < -0.3 is 10.4 Å². The maximum absolute atomic E-state index is 11.0. The second-order valence-corrected chi connectivity index (χ2v) is 6.20. The second-order valence-electron chi connectivity index (χ2n) is 5.28. The molecular weight excluding hydrogens is 330 g/mol. The zero-order valence-electron chi connectivity index (χ0n) is 12.1. The van der Waals surface area contributed by atoms with Gasteiger partial charge in [0, 0.05) is 16.7 Å². The van der Waals surface area contributed by atoms with Crippen molar-refractivity contribution in [2.45, 2.75) is 26.3 Å². The van der Waals surface area contributed by atoms with Crippen molar-refractivity contribution in [2.75, 3.05) is 5.32 Å². The molecule has 0 saturated carbocycles. The number of carboxylic acids is 1. The van der Waals surface area contributed by atoms with Crippen LogP contribution in [-0.2, 0) is 6.54 Å². The third kappa shape index (κ3) is 4.33. The predicted octanol–water partition coefficient (Wildman–Crippen LogP) is 4.88. The summed E-state index contributed by atoms with van der Waals surface area (Å²) in [6, 6.07) is 13.5. The van der Waals surface area contributed by atoms with Gasteiger partial charge in [0.1, 0.15) is 0 Å². The van der Waals surface area contributed by atoms with Gasteiger partial charge >= 0.3 is 5.97 Å². The minimum absolute atomic E-state index is 0.266. The lowest BCUT2D eigenvalue weighted by atomic mass is 10.0. The first kappa shape index (κ1) is 15.6. The summed E-state index contributed by atoms with van der Waals surface area (Å²) in [4.78, 5) is 11.0. The Labute approximate surface area is 133 Å². The maximum Gasteiger partial charge on any atom is 0.335 e. The van der Waals surface area contributed by atoms with Crippen LogP contribution in [-0.4, -0.2) is 11.1 Å². The lowest BCUT2D eigenvalue weighted by Gasteiger charge is -2.10.